The Kier molecular flexibility index (Phi) is 10.9. The van der Waals surface area contributed by atoms with Crippen LogP contribution in [0.25, 0.3) is 6.08 Å². The SMILES string of the molecule is CCC(Sc1cccc(NC(=O)/C(=C/c2cccc(Cl)c2)NC(=O)c2ccccc2)c1)C(=O)Nc1cc([N+](=O)[O-])ccc1C. The normalized spacial score (nSPS) is 11.8. The van der Waals surface area contributed by atoms with E-state index < -0.39 is 22.0 Å². The number of rotatable bonds is 11. The van der Waals surface area contributed by atoms with Gasteiger partial charge in [0.15, 0.2) is 0 Å². The summed E-state index contributed by atoms with van der Waals surface area (Å²) < 4.78 is 0. The van der Waals surface area contributed by atoms with Crippen molar-refractivity contribution in [1.29, 1.82) is 0 Å². The average molecular weight is 629 g/mol. The number of hydrogen-bond donors (Lipinski definition) is 3. The Hall–Kier alpha value is -4.93. The Balaban J connectivity index is 1.50. The van der Waals surface area contributed by atoms with Crippen molar-refractivity contribution in [3.05, 3.63) is 135 Å². The summed E-state index contributed by atoms with van der Waals surface area (Å²) in [6, 6.07) is 26.7. The zero-order chi connectivity index (χ0) is 31.6. The summed E-state index contributed by atoms with van der Waals surface area (Å²) in [7, 11) is 0. The monoisotopic (exact) mass is 628 g/mol. The Labute approximate surface area is 263 Å². The van der Waals surface area contributed by atoms with Gasteiger partial charge in [0.2, 0.25) is 5.91 Å². The second-order valence-corrected chi connectivity index (χ2v) is 11.4. The number of benzene rings is 4. The Morgan fingerprint density at radius 1 is 0.932 bits per heavy atom. The summed E-state index contributed by atoms with van der Waals surface area (Å²) in [5.74, 6) is -1.30. The van der Waals surface area contributed by atoms with Crippen LogP contribution in [0, 0.1) is 17.0 Å². The van der Waals surface area contributed by atoms with E-state index in [1.165, 1.54) is 30.0 Å². The third-order valence-corrected chi connectivity index (χ3v) is 8.00. The smallest absolute Gasteiger partial charge is 0.272 e. The maximum atomic E-state index is 13.4. The molecule has 3 N–H and O–H groups in total. The number of nitrogens with one attached hydrogen (secondary N) is 3. The highest BCUT2D eigenvalue weighted by Gasteiger charge is 2.21. The molecule has 4 aromatic rings. The Bertz CT molecular complexity index is 1730. The minimum absolute atomic E-state index is 0.0114. The van der Waals surface area contributed by atoms with Crippen molar-refractivity contribution >= 4 is 64.2 Å². The molecule has 1 atom stereocenters. The molecule has 4 rings (SSSR count). The molecule has 1 unspecified atom stereocenters. The number of nitrogens with zero attached hydrogens (tertiary/aromatic N) is 1. The number of carbonyl (C=O) groups is 3. The van der Waals surface area contributed by atoms with Gasteiger partial charge in [0.05, 0.1) is 15.9 Å². The average Bonchev–Trinajstić information content (AvgIpc) is 3.01. The zero-order valence-electron chi connectivity index (χ0n) is 23.9. The van der Waals surface area contributed by atoms with Crippen LogP contribution in [0.2, 0.25) is 5.02 Å². The molecule has 0 spiro atoms. The van der Waals surface area contributed by atoms with Crippen molar-refractivity contribution in [3.63, 3.8) is 0 Å². The van der Waals surface area contributed by atoms with Crippen LogP contribution in [0.15, 0.2) is 108 Å². The molecule has 9 nitrogen and oxygen atoms in total. The molecule has 0 aliphatic heterocycles. The minimum Gasteiger partial charge on any atom is -0.325 e. The molecule has 0 radical (unpaired) electrons. The first kappa shape index (κ1) is 32.0. The topological polar surface area (TPSA) is 130 Å². The van der Waals surface area contributed by atoms with Gasteiger partial charge < -0.3 is 16.0 Å². The first-order valence-corrected chi connectivity index (χ1v) is 14.9. The van der Waals surface area contributed by atoms with E-state index in [4.69, 9.17) is 11.6 Å². The third-order valence-electron chi connectivity index (χ3n) is 6.41. The molecule has 0 heterocycles. The van der Waals surface area contributed by atoms with Gasteiger partial charge >= 0.3 is 0 Å². The molecule has 4 aromatic carbocycles. The summed E-state index contributed by atoms with van der Waals surface area (Å²) >= 11 is 7.43. The third kappa shape index (κ3) is 8.79. The van der Waals surface area contributed by atoms with E-state index >= 15 is 0 Å². The van der Waals surface area contributed by atoms with Crippen LogP contribution in [-0.2, 0) is 9.59 Å². The van der Waals surface area contributed by atoms with Gasteiger partial charge in [0.1, 0.15) is 5.70 Å². The van der Waals surface area contributed by atoms with Crippen LogP contribution in [0.4, 0.5) is 17.1 Å². The second kappa shape index (κ2) is 15.0. The molecular weight excluding hydrogens is 600 g/mol. The predicted molar refractivity (Wildman–Crippen MR) is 175 cm³/mol. The van der Waals surface area contributed by atoms with Gasteiger partial charge in [-0.15, -0.1) is 11.8 Å². The molecule has 0 aliphatic carbocycles. The number of non-ortho nitro benzene ring substituents is 1. The molecule has 44 heavy (non-hydrogen) atoms. The molecule has 224 valence electrons. The first-order chi connectivity index (χ1) is 21.1. The second-order valence-electron chi connectivity index (χ2n) is 9.68. The van der Waals surface area contributed by atoms with E-state index in [9.17, 15) is 24.5 Å². The number of amides is 3. The van der Waals surface area contributed by atoms with E-state index in [0.717, 1.165) is 0 Å². The number of carbonyl (C=O) groups excluding carboxylic acids is 3. The van der Waals surface area contributed by atoms with Crippen molar-refractivity contribution in [3.8, 4) is 0 Å². The number of aryl methyl sites for hydroxylation is 1. The lowest BCUT2D eigenvalue weighted by atomic mass is 10.1. The van der Waals surface area contributed by atoms with Crippen molar-refractivity contribution in [2.24, 2.45) is 0 Å². The highest BCUT2D eigenvalue weighted by molar-refractivity contribution is 8.00. The number of thioether (sulfide) groups is 1. The van der Waals surface area contributed by atoms with Crippen LogP contribution in [-0.4, -0.2) is 27.9 Å². The van der Waals surface area contributed by atoms with Crippen LogP contribution < -0.4 is 16.0 Å². The fourth-order valence-electron chi connectivity index (χ4n) is 4.11. The maximum absolute atomic E-state index is 13.4. The maximum Gasteiger partial charge on any atom is 0.272 e. The van der Waals surface area contributed by atoms with Crippen molar-refractivity contribution < 1.29 is 19.3 Å². The number of nitro benzene ring substituents is 1. The first-order valence-electron chi connectivity index (χ1n) is 13.6. The highest BCUT2D eigenvalue weighted by atomic mass is 35.5. The molecule has 0 saturated carbocycles. The highest BCUT2D eigenvalue weighted by Crippen LogP contribution is 2.30. The van der Waals surface area contributed by atoms with E-state index in [1.807, 2.05) is 13.0 Å². The number of halogens is 1. The van der Waals surface area contributed by atoms with Gasteiger partial charge in [0.25, 0.3) is 17.5 Å². The summed E-state index contributed by atoms with van der Waals surface area (Å²) in [5, 5.41) is 19.5. The lowest BCUT2D eigenvalue weighted by Gasteiger charge is -2.17. The van der Waals surface area contributed by atoms with Crippen LogP contribution in [0.5, 0.6) is 0 Å². The van der Waals surface area contributed by atoms with Gasteiger partial charge in [-0.05, 0) is 73.0 Å². The summed E-state index contributed by atoms with van der Waals surface area (Å²) in [4.78, 5) is 50.9. The largest absolute Gasteiger partial charge is 0.325 e. The molecule has 3 amide bonds. The Morgan fingerprint density at radius 2 is 1.68 bits per heavy atom. The van der Waals surface area contributed by atoms with Gasteiger partial charge in [0, 0.05) is 33.3 Å². The van der Waals surface area contributed by atoms with Crippen molar-refractivity contribution in [1.82, 2.24) is 5.32 Å². The zero-order valence-corrected chi connectivity index (χ0v) is 25.4. The Morgan fingerprint density at radius 3 is 2.39 bits per heavy atom. The van der Waals surface area contributed by atoms with E-state index in [-0.39, 0.29) is 17.3 Å². The molecule has 0 aliphatic rings. The minimum atomic E-state index is -0.553. The van der Waals surface area contributed by atoms with E-state index in [0.29, 0.717) is 44.4 Å². The van der Waals surface area contributed by atoms with E-state index in [1.54, 1.807) is 85.8 Å². The quantitative estimate of drug-likeness (QED) is 0.0683. The van der Waals surface area contributed by atoms with Crippen LogP contribution >= 0.6 is 23.4 Å². The predicted octanol–water partition coefficient (Wildman–Crippen LogP) is 7.48. The van der Waals surface area contributed by atoms with Gasteiger partial charge in [-0.2, -0.15) is 0 Å². The van der Waals surface area contributed by atoms with Gasteiger partial charge in [-0.1, -0.05) is 61.0 Å². The molecule has 0 aromatic heterocycles. The molecular formula is C33H29ClN4O5S. The van der Waals surface area contributed by atoms with Crippen LogP contribution in [0.3, 0.4) is 0 Å². The number of nitro groups is 1. The molecule has 0 fully saturated rings. The summed E-state index contributed by atoms with van der Waals surface area (Å²) in [6.45, 7) is 3.63. The summed E-state index contributed by atoms with van der Waals surface area (Å²) in [5.41, 5.74) is 2.44. The van der Waals surface area contributed by atoms with Gasteiger partial charge in [-0.25, -0.2) is 0 Å². The lowest BCUT2D eigenvalue weighted by Crippen LogP contribution is -2.30. The molecule has 0 bridgehead atoms. The fourth-order valence-corrected chi connectivity index (χ4v) is 5.32. The van der Waals surface area contributed by atoms with Crippen molar-refractivity contribution in [2.75, 3.05) is 10.6 Å². The molecule has 0 saturated heterocycles. The number of anilines is 2. The molecule has 11 heteroatoms. The van der Waals surface area contributed by atoms with E-state index in [2.05, 4.69) is 16.0 Å². The van der Waals surface area contributed by atoms with Crippen LogP contribution in [0.1, 0.15) is 34.8 Å². The number of hydrogen-bond acceptors (Lipinski definition) is 6. The lowest BCUT2D eigenvalue weighted by molar-refractivity contribution is -0.384. The van der Waals surface area contributed by atoms with Gasteiger partial charge in [-0.3, -0.25) is 24.5 Å². The standard InChI is InChI=1S/C33H29ClN4O5S/c1-3-30(33(41)36-28-20-26(38(42)43)16-15-21(28)2)44-27-14-8-13-25(19-27)35-32(40)29(18-22-9-7-12-24(34)17-22)37-31(39)23-10-5-4-6-11-23/h4-20,30H,3H2,1-2H3,(H,35,40)(H,36,41)(H,37,39)/b29-18-. The fraction of sp³-hybridized carbons (Fsp3) is 0.121. The summed E-state index contributed by atoms with van der Waals surface area (Å²) in [6.07, 6.45) is 2.02. The van der Waals surface area contributed by atoms with Crippen molar-refractivity contribution in [2.45, 2.75) is 30.4 Å².